The van der Waals surface area contributed by atoms with Crippen molar-refractivity contribution in [2.75, 3.05) is 9.80 Å². The molecule has 0 unspecified atom stereocenters. The van der Waals surface area contributed by atoms with Gasteiger partial charge < -0.3 is 14.2 Å². The largest absolute Gasteiger partial charge is 0.456 e. The van der Waals surface area contributed by atoms with E-state index in [-0.39, 0.29) is 5.41 Å². The zero-order valence-corrected chi connectivity index (χ0v) is 36.7. The lowest BCUT2D eigenvalue weighted by Crippen LogP contribution is -2.16. The molecule has 1 aliphatic carbocycles. The molecular weight excluding hydrogens is 811 g/mol. The number of rotatable bonds is 7. The number of thiazole rings is 1. The highest BCUT2D eigenvalue weighted by Gasteiger charge is 2.40. The lowest BCUT2D eigenvalue weighted by molar-refractivity contribution is 0.662. The molecule has 2 aromatic heterocycles. The molecule has 0 spiro atoms. The van der Waals surface area contributed by atoms with Gasteiger partial charge in [0.05, 0.1) is 15.9 Å². The molecule has 0 atom stereocenters. The molecule has 1 aliphatic rings. The fourth-order valence-electron chi connectivity index (χ4n) is 10.3. The molecule has 2 heterocycles. The van der Waals surface area contributed by atoms with Crippen LogP contribution in [0.1, 0.15) is 25.0 Å². The van der Waals surface area contributed by atoms with Crippen molar-refractivity contribution in [3.63, 3.8) is 0 Å². The van der Waals surface area contributed by atoms with Gasteiger partial charge in [-0.05, 0) is 123 Å². The summed E-state index contributed by atoms with van der Waals surface area (Å²) in [4.78, 5) is 10.3. The van der Waals surface area contributed by atoms with Crippen molar-refractivity contribution >= 4 is 99.2 Å². The summed E-state index contributed by atoms with van der Waals surface area (Å²) >= 11 is 1.77. The number of hydrogen-bond acceptors (Lipinski definition) is 5. The predicted octanol–water partition coefficient (Wildman–Crippen LogP) is 17.4. The van der Waals surface area contributed by atoms with Crippen LogP contribution in [0, 0.1) is 0 Å². The van der Waals surface area contributed by atoms with Gasteiger partial charge in [0.25, 0.3) is 0 Å². The maximum atomic E-state index is 6.46. The average molecular weight is 852 g/mol. The lowest BCUT2D eigenvalue weighted by atomic mass is 9.81. The van der Waals surface area contributed by atoms with Crippen LogP contribution in [0.3, 0.4) is 0 Å². The van der Waals surface area contributed by atoms with E-state index in [1.165, 1.54) is 43.8 Å². The van der Waals surface area contributed by atoms with Gasteiger partial charge in [0, 0.05) is 55.8 Å². The molecule has 10 aromatic carbocycles. The Morgan fingerprint density at radius 2 is 1.06 bits per heavy atom. The predicted molar refractivity (Wildman–Crippen MR) is 274 cm³/mol. The minimum absolute atomic E-state index is 0.320. The molecule has 0 saturated heterocycles. The van der Waals surface area contributed by atoms with E-state index < -0.39 is 0 Å². The molecule has 65 heavy (non-hydrogen) atoms. The molecule has 12 aromatic rings. The maximum absolute atomic E-state index is 6.46. The number of furan rings is 1. The summed E-state index contributed by atoms with van der Waals surface area (Å²) < 4.78 is 7.59. The summed E-state index contributed by atoms with van der Waals surface area (Å²) in [6.07, 6.45) is 0. The fourth-order valence-corrected chi connectivity index (χ4v) is 11.4. The van der Waals surface area contributed by atoms with Crippen LogP contribution < -0.4 is 9.80 Å². The molecule has 0 fully saturated rings. The van der Waals surface area contributed by atoms with Crippen molar-refractivity contribution in [3.05, 3.63) is 223 Å². The van der Waals surface area contributed by atoms with Crippen LogP contribution in [0.4, 0.5) is 34.1 Å². The van der Waals surface area contributed by atoms with E-state index >= 15 is 0 Å². The van der Waals surface area contributed by atoms with Crippen LogP contribution in [-0.4, -0.2) is 4.98 Å². The van der Waals surface area contributed by atoms with E-state index in [0.29, 0.717) is 0 Å². The summed E-state index contributed by atoms with van der Waals surface area (Å²) in [6.45, 7) is 4.77. The van der Waals surface area contributed by atoms with Crippen molar-refractivity contribution in [1.29, 1.82) is 0 Å². The topological polar surface area (TPSA) is 32.5 Å². The Kier molecular flexibility index (Phi) is 8.39. The van der Waals surface area contributed by atoms with Crippen molar-refractivity contribution < 1.29 is 4.42 Å². The van der Waals surface area contributed by atoms with Gasteiger partial charge in [-0.3, -0.25) is 0 Å². The van der Waals surface area contributed by atoms with Crippen LogP contribution in [0.15, 0.2) is 217 Å². The van der Waals surface area contributed by atoms with Crippen LogP contribution in [-0.2, 0) is 5.41 Å². The second-order valence-corrected chi connectivity index (χ2v) is 18.6. The highest BCUT2D eigenvalue weighted by atomic mass is 32.1. The van der Waals surface area contributed by atoms with Gasteiger partial charge >= 0.3 is 0 Å². The Morgan fingerprint density at radius 3 is 1.83 bits per heavy atom. The second-order valence-electron chi connectivity index (χ2n) is 17.6. The molecule has 0 aliphatic heterocycles. The lowest BCUT2D eigenvalue weighted by Gasteiger charge is -2.31. The number of fused-ring (bicyclic) bond motifs is 10. The monoisotopic (exact) mass is 851 g/mol. The molecule has 308 valence electrons. The summed E-state index contributed by atoms with van der Waals surface area (Å²) in [6, 6.07) is 76.6. The summed E-state index contributed by atoms with van der Waals surface area (Å²) in [5.41, 5.74) is 15.0. The highest BCUT2D eigenvalue weighted by Crippen LogP contribution is 2.59. The molecule has 0 N–H and O–H groups in total. The minimum atomic E-state index is -0.320. The first-order valence-corrected chi connectivity index (χ1v) is 23.0. The van der Waals surface area contributed by atoms with Crippen LogP contribution in [0.5, 0.6) is 0 Å². The first-order chi connectivity index (χ1) is 32.0. The third kappa shape index (κ3) is 5.93. The first kappa shape index (κ1) is 37.6. The number of hydrogen-bond donors (Lipinski definition) is 0. The molecular formula is C60H41N3OS. The van der Waals surface area contributed by atoms with Gasteiger partial charge in [0.2, 0.25) is 0 Å². The molecule has 0 saturated carbocycles. The van der Waals surface area contributed by atoms with Gasteiger partial charge in [-0.1, -0.05) is 141 Å². The number of para-hydroxylation sites is 3. The van der Waals surface area contributed by atoms with Crippen molar-refractivity contribution in [1.82, 2.24) is 4.98 Å². The molecule has 13 rings (SSSR count). The van der Waals surface area contributed by atoms with Gasteiger partial charge in [-0.25, -0.2) is 4.98 Å². The smallest absolute Gasteiger partial charge is 0.135 e. The zero-order valence-electron chi connectivity index (χ0n) is 35.9. The second kappa shape index (κ2) is 14.5. The molecule has 0 amide bonds. The molecule has 4 nitrogen and oxygen atoms in total. The van der Waals surface area contributed by atoms with Crippen LogP contribution in [0.25, 0.3) is 75.4 Å². The Labute approximate surface area is 380 Å². The highest BCUT2D eigenvalue weighted by molar-refractivity contribution is 7.22. The van der Waals surface area contributed by atoms with E-state index in [2.05, 4.69) is 230 Å². The molecule has 5 heteroatoms. The van der Waals surface area contributed by atoms with E-state index in [0.717, 1.165) is 76.9 Å². The van der Waals surface area contributed by atoms with Crippen molar-refractivity contribution in [2.24, 2.45) is 0 Å². The van der Waals surface area contributed by atoms with Crippen molar-refractivity contribution in [2.45, 2.75) is 19.3 Å². The Morgan fingerprint density at radius 1 is 0.446 bits per heavy atom. The SMILES string of the molecule is CC1(C)c2cc3ccc4ccccc4c3cc2-c2c1cc1nc(-c3ccccc3)sc1c2N(c1cccc(N(c2ccccc2)c2ccccc2)c1)c1ccc2oc3ccccc3c2c1. The van der Waals surface area contributed by atoms with Crippen molar-refractivity contribution in [3.8, 4) is 21.7 Å². The summed E-state index contributed by atoms with van der Waals surface area (Å²) in [5, 5.41) is 8.17. The van der Waals surface area contributed by atoms with Gasteiger partial charge in [0.1, 0.15) is 16.2 Å². The summed E-state index contributed by atoms with van der Waals surface area (Å²) in [5.74, 6) is 0. The Balaban J connectivity index is 1.15. The third-order valence-corrected chi connectivity index (χ3v) is 14.5. The van der Waals surface area contributed by atoms with Gasteiger partial charge in [-0.2, -0.15) is 0 Å². The quantitative estimate of drug-likeness (QED) is 0.150. The standard InChI is InChI=1S/C60H41N3OS/c1-60(2)51-33-40-30-29-38-17-12-13-26-46(38)48(40)36-50(51)56-52(60)37-53-58(65-59(61-53)39-18-6-3-7-19-39)57(56)63(45-31-32-55-49(35-45)47-27-14-15-28-54(47)64-55)44-25-16-24-43(34-44)62(41-20-8-4-9-21-41)42-22-10-5-11-23-42/h3-37H,1-2H3. The number of anilines is 6. The maximum Gasteiger partial charge on any atom is 0.135 e. The van der Waals surface area contributed by atoms with E-state index in [9.17, 15) is 0 Å². The average Bonchev–Trinajstić information content (AvgIpc) is 4.02. The Hall–Kier alpha value is -7.99. The summed E-state index contributed by atoms with van der Waals surface area (Å²) in [7, 11) is 0. The zero-order chi connectivity index (χ0) is 43.2. The van der Waals surface area contributed by atoms with E-state index in [1.54, 1.807) is 11.3 Å². The van der Waals surface area contributed by atoms with Crippen LogP contribution in [0.2, 0.25) is 0 Å². The fraction of sp³-hybridized carbons (Fsp3) is 0.0500. The van der Waals surface area contributed by atoms with Gasteiger partial charge in [-0.15, -0.1) is 11.3 Å². The van der Waals surface area contributed by atoms with Crippen LogP contribution >= 0.6 is 11.3 Å². The van der Waals surface area contributed by atoms with E-state index in [4.69, 9.17) is 9.40 Å². The molecule has 0 bridgehead atoms. The number of benzene rings is 10. The Bertz CT molecular complexity index is 3780. The normalized spacial score (nSPS) is 12.9. The minimum Gasteiger partial charge on any atom is -0.456 e. The molecule has 0 radical (unpaired) electrons. The first-order valence-electron chi connectivity index (χ1n) is 22.2. The van der Waals surface area contributed by atoms with Gasteiger partial charge in [0.15, 0.2) is 0 Å². The number of nitrogens with zero attached hydrogens (tertiary/aromatic N) is 3. The third-order valence-electron chi connectivity index (χ3n) is 13.4. The van der Waals surface area contributed by atoms with E-state index in [1.807, 2.05) is 6.07 Å². The number of aromatic nitrogens is 1.